The molecule has 3 rings (SSSR count). The molecule has 1 fully saturated rings. The molecule has 20 heavy (non-hydrogen) atoms. The second kappa shape index (κ2) is 5.94. The highest BCUT2D eigenvalue weighted by Crippen LogP contribution is 2.24. The maximum atomic E-state index is 9.60. The molecule has 2 nitrogen and oxygen atoms in total. The van der Waals surface area contributed by atoms with Crippen LogP contribution in [0.2, 0.25) is 0 Å². The van der Waals surface area contributed by atoms with Crippen molar-refractivity contribution in [1.82, 2.24) is 4.90 Å². The van der Waals surface area contributed by atoms with Crippen LogP contribution in [-0.4, -0.2) is 29.2 Å². The highest BCUT2D eigenvalue weighted by molar-refractivity contribution is 5.82. The Bertz CT molecular complexity index is 572. The van der Waals surface area contributed by atoms with Gasteiger partial charge in [-0.15, -0.1) is 0 Å². The van der Waals surface area contributed by atoms with E-state index in [0.717, 1.165) is 32.2 Å². The molecule has 106 valence electrons. The van der Waals surface area contributed by atoms with Crippen LogP contribution < -0.4 is 0 Å². The van der Waals surface area contributed by atoms with Gasteiger partial charge in [-0.05, 0) is 55.1 Å². The molecule has 0 amide bonds. The molecule has 1 N–H and O–H groups in total. The number of aliphatic hydroxyl groups excluding tert-OH is 1. The molecule has 1 aliphatic carbocycles. The summed E-state index contributed by atoms with van der Waals surface area (Å²) < 4.78 is 0. The molecule has 0 heterocycles. The van der Waals surface area contributed by atoms with Crippen molar-refractivity contribution in [2.45, 2.75) is 44.4 Å². The number of benzene rings is 2. The fraction of sp³-hybridized carbons (Fsp3) is 0.444. The first-order valence-corrected chi connectivity index (χ1v) is 7.58. The number of hydrogen-bond acceptors (Lipinski definition) is 2. The molecule has 2 aromatic rings. The van der Waals surface area contributed by atoms with Gasteiger partial charge in [-0.2, -0.15) is 0 Å². The molecule has 1 aliphatic rings. The Morgan fingerprint density at radius 3 is 2.45 bits per heavy atom. The van der Waals surface area contributed by atoms with Gasteiger partial charge in [0.05, 0.1) is 6.10 Å². The zero-order valence-electron chi connectivity index (χ0n) is 12.1. The van der Waals surface area contributed by atoms with Crippen LogP contribution in [0.25, 0.3) is 10.8 Å². The third-order valence-corrected chi connectivity index (χ3v) is 4.54. The van der Waals surface area contributed by atoms with Crippen molar-refractivity contribution < 1.29 is 5.11 Å². The minimum atomic E-state index is -0.0691. The molecule has 0 saturated heterocycles. The summed E-state index contributed by atoms with van der Waals surface area (Å²) in [5, 5.41) is 12.2. The number of fused-ring (bicyclic) bond motifs is 1. The van der Waals surface area contributed by atoms with E-state index < -0.39 is 0 Å². The smallest absolute Gasteiger partial charge is 0.0541 e. The fourth-order valence-corrected chi connectivity index (χ4v) is 3.25. The topological polar surface area (TPSA) is 23.5 Å². The predicted octanol–water partition coefficient (Wildman–Crippen LogP) is 3.58. The lowest BCUT2D eigenvalue weighted by Crippen LogP contribution is -2.35. The molecule has 0 aromatic heterocycles. The first-order valence-electron chi connectivity index (χ1n) is 7.58. The van der Waals surface area contributed by atoms with Crippen LogP contribution in [0, 0.1) is 0 Å². The maximum Gasteiger partial charge on any atom is 0.0541 e. The fourth-order valence-electron chi connectivity index (χ4n) is 3.25. The average Bonchev–Trinajstić information content (AvgIpc) is 2.48. The summed E-state index contributed by atoms with van der Waals surface area (Å²) in [5.74, 6) is 0. The minimum absolute atomic E-state index is 0.0691. The zero-order chi connectivity index (χ0) is 13.9. The van der Waals surface area contributed by atoms with Crippen molar-refractivity contribution in [3.63, 3.8) is 0 Å². The van der Waals surface area contributed by atoms with E-state index in [2.05, 4.69) is 54.4 Å². The molecule has 0 unspecified atom stereocenters. The van der Waals surface area contributed by atoms with Crippen molar-refractivity contribution in [1.29, 1.82) is 0 Å². The summed E-state index contributed by atoms with van der Waals surface area (Å²) >= 11 is 0. The van der Waals surface area contributed by atoms with Crippen molar-refractivity contribution in [2.75, 3.05) is 7.05 Å². The largest absolute Gasteiger partial charge is 0.393 e. The summed E-state index contributed by atoms with van der Waals surface area (Å²) in [5.41, 5.74) is 1.37. The van der Waals surface area contributed by atoms with Crippen molar-refractivity contribution in [3.8, 4) is 0 Å². The second-order valence-corrected chi connectivity index (χ2v) is 6.06. The molecule has 2 aromatic carbocycles. The Labute approximate surface area is 121 Å². The number of rotatable bonds is 3. The molecule has 1 saturated carbocycles. The lowest BCUT2D eigenvalue weighted by molar-refractivity contribution is 0.0818. The number of hydrogen-bond donors (Lipinski definition) is 1. The van der Waals surface area contributed by atoms with E-state index >= 15 is 0 Å². The van der Waals surface area contributed by atoms with E-state index in [-0.39, 0.29) is 6.10 Å². The lowest BCUT2D eigenvalue weighted by atomic mass is 9.92. The SMILES string of the molecule is CN(Cc1ccc2ccccc2c1)C1CCC(O)CC1. The average molecular weight is 269 g/mol. The summed E-state index contributed by atoms with van der Waals surface area (Å²) in [6.07, 6.45) is 4.07. The standard InChI is InChI=1S/C18H23NO/c1-19(17-8-10-18(20)11-9-17)13-14-6-7-15-4-2-3-5-16(15)12-14/h2-7,12,17-18,20H,8-11,13H2,1H3. The highest BCUT2D eigenvalue weighted by atomic mass is 16.3. The van der Waals surface area contributed by atoms with Crippen molar-refractivity contribution >= 4 is 10.8 Å². The van der Waals surface area contributed by atoms with Gasteiger partial charge in [0, 0.05) is 12.6 Å². The van der Waals surface area contributed by atoms with Crippen LogP contribution in [0.3, 0.4) is 0 Å². The molecule has 2 heteroatoms. The van der Waals surface area contributed by atoms with Gasteiger partial charge in [0.2, 0.25) is 0 Å². The first kappa shape index (κ1) is 13.6. The number of nitrogens with zero attached hydrogens (tertiary/aromatic N) is 1. The number of aliphatic hydroxyl groups is 1. The van der Waals surface area contributed by atoms with Crippen LogP contribution >= 0.6 is 0 Å². The van der Waals surface area contributed by atoms with Gasteiger partial charge in [0.15, 0.2) is 0 Å². The Hall–Kier alpha value is -1.38. The van der Waals surface area contributed by atoms with Crippen LogP contribution in [0.15, 0.2) is 42.5 Å². The van der Waals surface area contributed by atoms with Gasteiger partial charge in [0.1, 0.15) is 0 Å². The van der Waals surface area contributed by atoms with E-state index in [1.165, 1.54) is 16.3 Å². The molecule has 0 atom stereocenters. The summed E-state index contributed by atoms with van der Waals surface area (Å²) in [7, 11) is 2.21. The Morgan fingerprint density at radius 1 is 1.00 bits per heavy atom. The van der Waals surface area contributed by atoms with E-state index in [1.807, 2.05) is 0 Å². The van der Waals surface area contributed by atoms with Crippen LogP contribution in [-0.2, 0) is 6.54 Å². The van der Waals surface area contributed by atoms with Crippen LogP contribution in [0.1, 0.15) is 31.2 Å². The van der Waals surface area contributed by atoms with Crippen LogP contribution in [0.5, 0.6) is 0 Å². The van der Waals surface area contributed by atoms with Crippen molar-refractivity contribution in [2.24, 2.45) is 0 Å². The summed E-state index contributed by atoms with van der Waals surface area (Å²) in [4.78, 5) is 2.44. The van der Waals surface area contributed by atoms with E-state index in [0.29, 0.717) is 6.04 Å². The molecule has 0 aliphatic heterocycles. The third kappa shape index (κ3) is 3.02. The third-order valence-electron chi connectivity index (χ3n) is 4.54. The van der Waals surface area contributed by atoms with Gasteiger partial charge < -0.3 is 5.11 Å². The van der Waals surface area contributed by atoms with E-state index in [1.54, 1.807) is 0 Å². The van der Waals surface area contributed by atoms with Crippen molar-refractivity contribution in [3.05, 3.63) is 48.0 Å². The molecule has 0 bridgehead atoms. The first-order chi connectivity index (χ1) is 9.72. The summed E-state index contributed by atoms with van der Waals surface area (Å²) in [6, 6.07) is 15.9. The zero-order valence-corrected chi connectivity index (χ0v) is 12.1. The monoisotopic (exact) mass is 269 g/mol. The van der Waals surface area contributed by atoms with Gasteiger partial charge in [-0.25, -0.2) is 0 Å². The minimum Gasteiger partial charge on any atom is -0.393 e. The van der Waals surface area contributed by atoms with E-state index in [4.69, 9.17) is 0 Å². The predicted molar refractivity (Wildman–Crippen MR) is 83.7 cm³/mol. The Kier molecular flexibility index (Phi) is 4.04. The highest BCUT2D eigenvalue weighted by Gasteiger charge is 2.22. The normalized spacial score (nSPS) is 23.4. The van der Waals surface area contributed by atoms with Gasteiger partial charge in [0.25, 0.3) is 0 Å². The van der Waals surface area contributed by atoms with E-state index in [9.17, 15) is 5.11 Å². The quantitative estimate of drug-likeness (QED) is 0.920. The Balaban J connectivity index is 1.69. The lowest BCUT2D eigenvalue weighted by Gasteiger charge is -2.33. The summed E-state index contributed by atoms with van der Waals surface area (Å²) in [6.45, 7) is 0.992. The molecular formula is C18H23NO. The van der Waals surface area contributed by atoms with Gasteiger partial charge in [-0.3, -0.25) is 4.90 Å². The molecular weight excluding hydrogens is 246 g/mol. The Morgan fingerprint density at radius 2 is 1.70 bits per heavy atom. The van der Waals surface area contributed by atoms with Gasteiger partial charge in [-0.1, -0.05) is 36.4 Å². The molecule has 0 radical (unpaired) electrons. The van der Waals surface area contributed by atoms with Gasteiger partial charge >= 0.3 is 0 Å². The second-order valence-electron chi connectivity index (χ2n) is 6.06. The van der Waals surface area contributed by atoms with Crippen LogP contribution in [0.4, 0.5) is 0 Å². The molecule has 0 spiro atoms. The maximum absolute atomic E-state index is 9.60.